The second kappa shape index (κ2) is 9.75. The average Bonchev–Trinajstić information content (AvgIpc) is 2.90. The van der Waals surface area contributed by atoms with E-state index in [0.29, 0.717) is 35.5 Å². The van der Waals surface area contributed by atoms with Crippen molar-refractivity contribution in [2.24, 2.45) is 7.05 Å². The van der Waals surface area contributed by atoms with Gasteiger partial charge in [-0.25, -0.2) is 13.8 Å². The van der Waals surface area contributed by atoms with Crippen molar-refractivity contribution in [3.63, 3.8) is 0 Å². The maximum atomic E-state index is 13.7. The maximum absolute atomic E-state index is 13.7. The van der Waals surface area contributed by atoms with Crippen LogP contribution in [0.5, 0.6) is 0 Å². The van der Waals surface area contributed by atoms with Crippen molar-refractivity contribution in [1.82, 2.24) is 14.5 Å². The topological polar surface area (TPSA) is 65.2 Å². The second-order valence-corrected chi connectivity index (χ2v) is 9.66. The van der Waals surface area contributed by atoms with Crippen LogP contribution in [0.25, 0.3) is 11.0 Å². The Balaban J connectivity index is 1.55. The Hall–Kier alpha value is -4.09. The van der Waals surface area contributed by atoms with Gasteiger partial charge >= 0.3 is 0 Å². The monoisotopic (exact) mass is 499 g/mol. The summed E-state index contributed by atoms with van der Waals surface area (Å²) in [6.07, 6.45) is 0. The van der Waals surface area contributed by atoms with Crippen LogP contribution in [0, 0.1) is 23.0 Å². The molecule has 4 aromatic rings. The van der Waals surface area contributed by atoms with Crippen molar-refractivity contribution < 1.29 is 8.78 Å². The number of piperazine rings is 1. The predicted octanol–water partition coefficient (Wildman–Crippen LogP) is 4.77. The second-order valence-electron chi connectivity index (χ2n) is 9.66. The number of nitrogens with zero attached hydrogens (tertiary/aromatic N) is 5. The zero-order chi connectivity index (χ0) is 26.3. The fourth-order valence-electron chi connectivity index (χ4n) is 5.31. The standard InChI is InChI=1S/C29H27F2N5O/c1-18-17-36(29(20-4-8-22(30)9-5-20)21-6-10-23(31)11-7-21)19(2)16-35(18)26-14-27(37)34(3)25-13-12-24(15-32)33-28(25)26/h4-14,18-19,29H,16-17H2,1-3H3. The fraction of sp³-hybridized carbons (Fsp3) is 0.276. The first-order chi connectivity index (χ1) is 17.8. The number of rotatable bonds is 4. The van der Waals surface area contributed by atoms with Crippen LogP contribution in [0.4, 0.5) is 14.5 Å². The Morgan fingerprint density at radius 1 is 0.919 bits per heavy atom. The average molecular weight is 500 g/mol. The maximum Gasteiger partial charge on any atom is 0.252 e. The summed E-state index contributed by atoms with van der Waals surface area (Å²) in [4.78, 5) is 21.9. The van der Waals surface area contributed by atoms with E-state index in [-0.39, 0.29) is 35.3 Å². The van der Waals surface area contributed by atoms with E-state index < -0.39 is 0 Å². The van der Waals surface area contributed by atoms with Crippen molar-refractivity contribution in [3.05, 3.63) is 106 Å². The summed E-state index contributed by atoms with van der Waals surface area (Å²) in [6.45, 7) is 5.43. The zero-order valence-corrected chi connectivity index (χ0v) is 20.9. The molecule has 37 heavy (non-hydrogen) atoms. The first-order valence-corrected chi connectivity index (χ1v) is 12.2. The van der Waals surface area contributed by atoms with Gasteiger partial charge in [-0.05, 0) is 61.4 Å². The van der Waals surface area contributed by atoms with Gasteiger partial charge in [-0.3, -0.25) is 9.69 Å². The lowest BCUT2D eigenvalue weighted by Gasteiger charge is -2.48. The Morgan fingerprint density at radius 2 is 1.51 bits per heavy atom. The van der Waals surface area contributed by atoms with Crippen LogP contribution < -0.4 is 10.5 Å². The number of hydrogen-bond acceptors (Lipinski definition) is 5. The molecule has 2 aromatic heterocycles. The molecule has 3 heterocycles. The third-order valence-corrected chi connectivity index (χ3v) is 7.23. The van der Waals surface area contributed by atoms with Gasteiger partial charge < -0.3 is 9.47 Å². The third kappa shape index (κ3) is 4.58. The summed E-state index contributed by atoms with van der Waals surface area (Å²) in [6, 6.07) is 19.7. The Labute approximate surface area is 214 Å². The molecule has 0 saturated carbocycles. The van der Waals surface area contributed by atoms with Gasteiger partial charge in [-0.2, -0.15) is 5.26 Å². The van der Waals surface area contributed by atoms with E-state index in [1.807, 2.05) is 0 Å². The summed E-state index contributed by atoms with van der Waals surface area (Å²) in [5, 5.41) is 9.41. The quantitative estimate of drug-likeness (QED) is 0.405. The Morgan fingerprint density at radius 3 is 2.08 bits per heavy atom. The molecule has 2 unspecified atom stereocenters. The minimum atomic E-state index is -0.311. The van der Waals surface area contributed by atoms with Gasteiger partial charge in [0.15, 0.2) is 0 Å². The number of aromatic nitrogens is 2. The summed E-state index contributed by atoms with van der Waals surface area (Å²) in [5.41, 5.74) is 3.96. The number of anilines is 1. The molecule has 6 nitrogen and oxygen atoms in total. The zero-order valence-electron chi connectivity index (χ0n) is 20.9. The molecular weight excluding hydrogens is 472 g/mol. The van der Waals surface area contributed by atoms with Crippen LogP contribution in [0.1, 0.15) is 36.7 Å². The Bertz CT molecular complexity index is 1500. The highest BCUT2D eigenvalue weighted by molar-refractivity contribution is 5.89. The summed E-state index contributed by atoms with van der Waals surface area (Å²) >= 11 is 0. The number of nitriles is 1. The molecule has 188 valence electrons. The number of halogens is 2. The van der Waals surface area contributed by atoms with Crippen LogP contribution in [0.3, 0.4) is 0 Å². The van der Waals surface area contributed by atoms with Gasteiger partial charge in [0.1, 0.15) is 28.9 Å². The highest BCUT2D eigenvalue weighted by Gasteiger charge is 2.36. The van der Waals surface area contributed by atoms with E-state index in [9.17, 15) is 18.8 Å². The van der Waals surface area contributed by atoms with Crippen LogP contribution in [-0.2, 0) is 7.05 Å². The summed E-state index contributed by atoms with van der Waals surface area (Å²) in [7, 11) is 1.70. The lowest BCUT2D eigenvalue weighted by atomic mass is 9.93. The minimum Gasteiger partial charge on any atom is -0.364 e. The first-order valence-electron chi connectivity index (χ1n) is 12.2. The van der Waals surface area contributed by atoms with E-state index in [1.54, 1.807) is 49.5 Å². The van der Waals surface area contributed by atoms with E-state index >= 15 is 0 Å². The molecule has 2 atom stereocenters. The van der Waals surface area contributed by atoms with E-state index in [0.717, 1.165) is 11.1 Å². The molecule has 1 aliphatic heterocycles. The minimum absolute atomic E-state index is 0.0116. The summed E-state index contributed by atoms with van der Waals surface area (Å²) < 4.78 is 29.0. The SMILES string of the molecule is CC1CN(C(c2ccc(F)cc2)c2ccc(F)cc2)C(C)CN1c1cc(=O)n(C)c2ccc(C#N)nc12. The molecule has 8 heteroatoms. The van der Waals surface area contributed by atoms with Gasteiger partial charge in [0, 0.05) is 38.3 Å². The lowest BCUT2D eigenvalue weighted by Crippen LogP contribution is -2.57. The number of aryl methyl sites for hydroxylation is 1. The highest BCUT2D eigenvalue weighted by Crippen LogP contribution is 2.36. The molecule has 0 amide bonds. The van der Waals surface area contributed by atoms with Crippen LogP contribution in [-0.4, -0.2) is 39.6 Å². The fourth-order valence-corrected chi connectivity index (χ4v) is 5.31. The van der Waals surface area contributed by atoms with Crippen molar-refractivity contribution in [1.29, 1.82) is 5.26 Å². The normalized spacial score (nSPS) is 18.4. The number of hydrogen-bond donors (Lipinski definition) is 0. The van der Waals surface area contributed by atoms with Crippen molar-refractivity contribution in [2.75, 3.05) is 18.0 Å². The van der Waals surface area contributed by atoms with Gasteiger partial charge in [0.25, 0.3) is 5.56 Å². The van der Waals surface area contributed by atoms with Gasteiger partial charge in [0.05, 0.1) is 17.2 Å². The molecule has 2 aromatic carbocycles. The smallest absolute Gasteiger partial charge is 0.252 e. The molecule has 0 radical (unpaired) electrons. The van der Waals surface area contributed by atoms with Crippen molar-refractivity contribution in [3.8, 4) is 6.07 Å². The van der Waals surface area contributed by atoms with Crippen molar-refractivity contribution >= 4 is 16.7 Å². The lowest BCUT2D eigenvalue weighted by molar-refractivity contribution is 0.130. The van der Waals surface area contributed by atoms with Crippen LogP contribution in [0.2, 0.25) is 0 Å². The number of pyridine rings is 2. The van der Waals surface area contributed by atoms with E-state index in [2.05, 4.69) is 34.7 Å². The largest absolute Gasteiger partial charge is 0.364 e. The predicted molar refractivity (Wildman–Crippen MR) is 139 cm³/mol. The molecule has 0 bridgehead atoms. The molecule has 1 fully saturated rings. The number of benzene rings is 2. The molecule has 5 rings (SSSR count). The van der Waals surface area contributed by atoms with Gasteiger partial charge in [-0.15, -0.1) is 0 Å². The van der Waals surface area contributed by atoms with Gasteiger partial charge in [-0.1, -0.05) is 24.3 Å². The third-order valence-electron chi connectivity index (χ3n) is 7.23. The first kappa shape index (κ1) is 24.6. The molecule has 0 N–H and O–H groups in total. The van der Waals surface area contributed by atoms with Gasteiger partial charge in [0.2, 0.25) is 0 Å². The molecule has 1 aliphatic rings. The summed E-state index contributed by atoms with van der Waals surface area (Å²) in [5.74, 6) is -0.621. The van der Waals surface area contributed by atoms with E-state index in [1.165, 1.54) is 28.8 Å². The number of fused-ring (bicyclic) bond motifs is 1. The highest BCUT2D eigenvalue weighted by atomic mass is 19.1. The van der Waals surface area contributed by atoms with Crippen LogP contribution in [0.15, 0.2) is 71.5 Å². The van der Waals surface area contributed by atoms with E-state index in [4.69, 9.17) is 0 Å². The molecular formula is C29H27F2N5O. The van der Waals surface area contributed by atoms with Crippen LogP contribution >= 0.6 is 0 Å². The Kier molecular flexibility index (Phi) is 6.48. The molecule has 0 spiro atoms. The molecule has 1 saturated heterocycles. The molecule has 0 aliphatic carbocycles. The van der Waals surface area contributed by atoms with Crippen molar-refractivity contribution in [2.45, 2.75) is 32.0 Å².